The van der Waals surface area contributed by atoms with Crippen molar-refractivity contribution in [3.63, 3.8) is 0 Å². The van der Waals surface area contributed by atoms with Gasteiger partial charge in [0.05, 0.1) is 35.7 Å². The smallest absolute Gasteiger partial charge is 0.338 e. The summed E-state index contributed by atoms with van der Waals surface area (Å²) in [6.07, 6.45) is -7.23. The van der Waals surface area contributed by atoms with E-state index in [0.717, 1.165) is 0 Å². The molecule has 1 aromatic carbocycles. The van der Waals surface area contributed by atoms with E-state index in [0.29, 0.717) is 5.57 Å². The third-order valence-electron chi connectivity index (χ3n) is 9.88. The molecule has 1 aromatic rings. The van der Waals surface area contributed by atoms with Gasteiger partial charge in [0, 0.05) is 18.3 Å². The van der Waals surface area contributed by atoms with Crippen molar-refractivity contribution in [3.05, 3.63) is 47.0 Å². The predicted molar refractivity (Wildman–Crippen MR) is 131 cm³/mol. The van der Waals surface area contributed by atoms with Gasteiger partial charge in [-0.25, -0.2) is 4.79 Å². The standard InChI is InChI=1S/C28H34O10/c1-14-16(30)11-28(35)23(38-24(34)15-8-6-5-7-9-15)21-26(4,22(33)20(32)19(14)25(28,2)3)17(31)10-18-27(21,12-36-18)37-13-29/h5-9,13,16-18,20-21,23,30-32,35H,10-12H2,1-4H3/t16?,17-,18+,20+,21-,23-,26+,27-,28?/m0/s1. The highest BCUT2D eigenvalue weighted by atomic mass is 16.6. The Morgan fingerprint density at radius 3 is 2.37 bits per heavy atom. The van der Waals surface area contributed by atoms with Crippen LogP contribution < -0.4 is 0 Å². The number of Topliss-reactive ketones (excluding diaryl/α,β-unsaturated/α-hetero) is 1. The summed E-state index contributed by atoms with van der Waals surface area (Å²) in [5.74, 6) is -2.92. The van der Waals surface area contributed by atoms with E-state index in [9.17, 15) is 34.8 Å². The second-order valence-corrected chi connectivity index (χ2v) is 11.8. The Bertz CT molecular complexity index is 1190. The summed E-state index contributed by atoms with van der Waals surface area (Å²) in [6.45, 7) is 6.28. The SMILES string of the molecule is CC1=C2[C@@H](O)C(=O)[C@@]3(C)[C@H]([C@H](OC(=O)c4ccccc4)C(O)(CC1O)C2(C)C)[C@]1(OC=O)CO[C@@H]1C[C@@H]3O. The van der Waals surface area contributed by atoms with E-state index in [4.69, 9.17) is 14.2 Å². The van der Waals surface area contributed by atoms with Gasteiger partial charge in [0.2, 0.25) is 0 Å². The molecular weight excluding hydrogens is 496 g/mol. The first-order valence-corrected chi connectivity index (χ1v) is 12.8. The van der Waals surface area contributed by atoms with E-state index in [1.807, 2.05) is 0 Å². The molecule has 0 aromatic heterocycles. The number of carbonyl (C=O) groups is 3. The lowest BCUT2D eigenvalue weighted by molar-refractivity contribution is -0.343. The van der Waals surface area contributed by atoms with Gasteiger partial charge in [-0.15, -0.1) is 0 Å². The molecule has 2 bridgehead atoms. The minimum absolute atomic E-state index is 0.0822. The minimum atomic E-state index is -2.06. The number of esters is 1. The fourth-order valence-electron chi connectivity index (χ4n) is 7.51. The molecule has 3 fully saturated rings. The zero-order valence-electron chi connectivity index (χ0n) is 21.8. The Labute approximate surface area is 220 Å². The Kier molecular flexibility index (Phi) is 6.16. The molecule has 4 N–H and O–H groups in total. The normalized spacial score (nSPS) is 43.5. The lowest BCUT2D eigenvalue weighted by Crippen LogP contribution is -2.81. The molecule has 2 saturated carbocycles. The van der Waals surface area contributed by atoms with Crippen LogP contribution in [0.1, 0.15) is 50.9 Å². The molecule has 0 amide bonds. The quantitative estimate of drug-likeness (QED) is 0.248. The van der Waals surface area contributed by atoms with E-state index in [2.05, 4.69) is 0 Å². The average molecular weight is 531 g/mol. The Hall–Kier alpha value is -2.63. The van der Waals surface area contributed by atoms with Crippen LogP contribution in [0.4, 0.5) is 0 Å². The molecular formula is C28H34O10. The van der Waals surface area contributed by atoms with Gasteiger partial charge in [-0.05, 0) is 37.1 Å². The van der Waals surface area contributed by atoms with Gasteiger partial charge in [0.25, 0.3) is 6.47 Å². The summed E-state index contributed by atoms with van der Waals surface area (Å²) in [7, 11) is 0. The summed E-state index contributed by atoms with van der Waals surface area (Å²) < 4.78 is 17.4. The number of rotatable bonds is 4. The Morgan fingerprint density at radius 2 is 1.79 bits per heavy atom. The molecule has 38 heavy (non-hydrogen) atoms. The van der Waals surface area contributed by atoms with E-state index >= 15 is 0 Å². The molecule has 1 aliphatic heterocycles. The monoisotopic (exact) mass is 530 g/mol. The van der Waals surface area contributed by atoms with Crippen LogP contribution in [0.3, 0.4) is 0 Å². The first-order valence-electron chi connectivity index (χ1n) is 12.8. The fraction of sp³-hybridized carbons (Fsp3) is 0.607. The van der Waals surface area contributed by atoms with Crippen LogP contribution in [-0.2, 0) is 23.8 Å². The molecule has 206 valence electrons. The number of fused-ring (bicyclic) bond motifs is 5. The van der Waals surface area contributed by atoms with Crippen LogP contribution in [0.5, 0.6) is 0 Å². The first kappa shape index (κ1) is 27.0. The zero-order chi connectivity index (χ0) is 27.8. The van der Waals surface area contributed by atoms with Crippen molar-refractivity contribution < 1.29 is 49.0 Å². The fourth-order valence-corrected chi connectivity index (χ4v) is 7.51. The number of aliphatic hydroxyl groups excluding tert-OH is 3. The molecule has 1 heterocycles. The average Bonchev–Trinajstić information content (AvgIpc) is 2.87. The highest BCUT2D eigenvalue weighted by Gasteiger charge is 2.77. The van der Waals surface area contributed by atoms with Crippen LogP contribution in [0.25, 0.3) is 0 Å². The van der Waals surface area contributed by atoms with Gasteiger partial charge in [-0.1, -0.05) is 32.0 Å². The van der Waals surface area contributed by atoms with Crippen molar-refractivity contribution >= 4 is 18.2 Å². The van der Waals surface area contributed by atoms with Crippen molar-refractivity contribution in [2.24, 2.45) is 16.7 Å². The number of hydrogen-bond acceptors (Lipinski definition) is 10. The van der Waals surface area contributed by atoms with Gasteiger partial charge < -0.3 is 34.6 Å². The van der Waals surface area contributed by atoms with Gasteiger partial charge in [0.15, 0.2) is 11.4 Å². The molecule has 3 aliphatic carbocycles. The number of benzene rings is 1. The van der Waals surface area contributed by atoms with Crippen molar-refractivity contribution in [1.82, 2.24) is 0 Å². The summed E-state index contributed by atoms with van der Waals surface area (Å²) >= 11 is 0. The second kappa shape index (κ2) is 8.69. The van der Waals surface area contributed by atoms with E-state index in [1.165, 1.54) is 19.1 Å². The molecule has 2 unspecified atom stereocenters. The number of ketones is 1. The van der Waals surface area contributed by atoms with Gasteiger partial charge >= 0.3 is 5.97 Å². The highest BCUT2D eigenvalue weighted by molar-refractivity contribution is 5.94. The van der Waals surface area contributed by atoms with Gasteiger partial charge in [-0.3, -0.25) is 9.59 Å². The molecule has 9 atom stereocenters. The summed E-state index contributed by atoms with van der Waals surface area (Å²) in [6, 6.07) is 8.06. The van der Waals surface area contributed by atoms with Gasteiger partial charge in [-0.2, -0.15) is 0 Å². The third-order valence-corrected chi connectivity index (χ3v) is 9.88. The van der Waals surface area contributed by atoms with Gasteiger partial charge in [0.1, 0.15) is 23.9 Å². The number of hydrogen-bond donors (Lipinski definition) is 4. The third kappa shape index (κ3) is 3.27. The summed E-state index contributed by atoms with van der Waals surface area (Å²) in [5.41, 5.74) is -6.22. The van der Waals surface area contributed by atoms with Crippen molar-refractivity contribution in [1.29, 1.82) is 0 Å². The Morgan fingerprint density at radius 1 is 1.13 bits per heavy atom. The zero-order valence-corrected chi connectivity index (χ0v) is 21.8. The number of aliphatic hydroxyl groups is 4. The molecule has 10 heteroatoms. The van der Waals surface area contributed by atoms with Crippen LogP contribution >= 0.6 is 0 Å². The van der Waals surface area contributed by atoms with E-state index in [-0.39, 0.29) is 37.1 Å². The maximum atomic E-state index is 14.2. The first-order chi connectivity index (χ1) is 17.8. The number of carbonyl (C=O) groups excluding carboxylic acids is 3. The van der Waals surface area contributed by atoms with E-state index < -0.39 is 70.2 Å². The van der Waals surface area contributed by atoms with Crippen LogP contribution in [-0.4, -0.2) is 87.0 Å². The second-order valence-electron chi connectivity index (χ2n) is 11.8. The minimum Gasteiger partial charge on any atom is -0.456 e. The Balaban J connectivity index is 1.81. The topological polar surface area (TPSA) is 160 Å². The lowest BCUT2D eigenvalue weighted by atomic mass is 9.44. The molecule has 5 rings (SSSR count). The predicted octanol–water partition coefficient (Wildman–Crippen LogP) is 0.692. The van der Waals surface area contributed by atoms with Crippen molar-refractivity contribution in [2.75, 3.05) is 6.61 Å². The maximum absolute atomic E-state index is 14.2. The van der Waals surface area contributed by atoms with Crippen LogP contribution in [0.2, 0.25) is 0 Å². The lowest BCUT2D eigenvalue weighted by Gasteiger charge is -2.67. The van der Waals surface area contributed by atoms with Crippen molar-refractivity contribution in [3.8, 4) is 0 Å². The van der Waals surface area contributed by atoms with E-state index in [1.54, 1.807) is 39.0 Å². The van der Waals surface area contributed by atoms with Crippen LogP contribution in [0, 0.1) is 16.7 Å². The molecule has 0 radical (unpaired) electrons. The summed E-state index contributed by atoms with van der Waals surface area (Å²) in [5, 5.41) is 46.5. The molecule has 1 saturated heterocycles. The molecule has 10 nitrogen and oxygen atoms in total. The van der Waals surface area contributed by atoms with Crippen molar-refractivity contribution in [2.45, 2.75) is 82.3 Å². The maximum Gasteiger partial charge on any atom is 0.338 e. The molecule has 0 spiro atoms. The number of ether oxygens (including phenoxy) is 3. The van der Waals surface area contributed by atoms with Crippen LogP contribution in [0.15, 0.2) is 41.5 Å². The summed E-state index contributed by atoms with van der Waals surface area (Å²) in [4.78, 5) is 39.5. The largest absolute Gasteiger partial charge is 0.456 e. The highest BCUT2D eigenvalue weighted by Crippen LogP contribution is 2.63. The molecule has 4 aliphatic rings.